The van der Waals surface area contributed by atoms with Crippen LogP contribution >= 0.6 is 0 Å². The third kappa shape index (κ3) is 5.75. The van der Waals surface area contributed by atoms with Crippen LogP contribution in [-0.2, 0) is 37.3 Å². The summed E-state index contributed by atoms with van der Waals surface area (Å²) in [4.78, 5) is 10.0. The molecular formula is C51H42N2Pt. The Morgan fingerprint density at radius 2 is 1.07 bits per heavy atom. The Bertz CT molecular complexity index is 2660. The number of benzene rings is 6. The summed E-state index contributed by atoms with van der Waals surface area (Å²) in [6.45, 7) is 13.7. The fraction of sp³-hybridized carbons (Fsp3) is 0.176. The first-order valence-electron chi connectivity index (χ1n) is 18.6. The fourth-order valence-corrected chi connectivity index (χ4v) is 8.31. The van der Waals surface area contributed by atoms with Gasteiger partial charge in [-0.3, -0.25) is 0 Å². The number of aromatic nitrogens is 2. The second-order valence-electron chi connectivity index (χ2n) is 16.5. The SMILES string of the molecule is CC(C)(C)c1cc(-c2nccc3ccccc23)[c-]c(C2(c3[c-]c(-c4cc(C(C)(C)C)ccn4)c4ccccc4c3)c3ccccc3-c3ccccc32)c1.[Pt+2]. The average Bonchev–Trinajstić information content (AvgIpc) is 3.47. The van der Waals surface area contributed by atoms with Gasteiger partial charge in [-0.1, -0.05) is 150 Å². The Balaban J connectivity index is 0.00000413. The van der Waals surface area contributed by atoms with Gasteiger partial charge in [-0.25, -0.2) is 0 Å². The van der Waals surface area contributed by atoms with Crippen molar-refractivity contribution in [2.75, 3.05) is 0 Å². The molecule has 6 aromatic carbocycles. The van der Waals surface area contributed by atoms with Gasteiger partial charge >= 0.3 is 21.1 Å². The van der Waals surface area contributed by atoms with Crippen LogP contribution < -0.4 is 0 Å². The van der Waals surface area contributed by atoms with Crippen molar-refractivity contribution in [3.05, 3.63) is 191 Å². The topological polar surface area (TPSA) is 25.8 Å². The van der Waals surface area contributed by atoms with Crippen LogP contribution in [0, 0.1) is 12.1 Å². The minimum atomic E-state index is -0.728. The zero-order valence-corrected chi connectivity index (χ0v) is 33.8. The zero-order valence-electron chi connectivity index (χ0n) is 31.6. The second kappa shape index (κ2) is 13.3. The standard InChI is InChI=1S/C51H42N2.Pt/c1-49(2,3)36-24-26-52-47(32-36)44-31-39(27-34-16-8-9-17-40(34)44)51(45-21-13-11-19-42(45)43-20-12-14-22-46(43)51)38-29-35(28-37(30-38)50(4,5)6)48-41-18-10-7-15-33(41)23-25-53-48;/h7-28,30,32H,1-6H3;/q-2;+2. The quantitative estimate of drug-likeness (QED) is 0.165. The fourth-order valence-electron chi connectivity index (χ4n) is 8.31. The van der Waals surface area contributed by atoms with Crippen molar-refractivity contribution < 1.29 is 21.1 Å². The molecule has 54 heavy (non-hydrogen) atoms. The molecule has 2 heterocycles. The summed E-state index contributed by atoms with van der Waals surface area (Å²) in [6.07, 6.45) is 3.87. The van der Waals surface area contributed by atoms with Gasteiger partial charge in [-0.15, -0.1) is 63.5 Å². The molecule has 266 valence electrons. The summed E-state index contributed by atoms with van der Waals surface area (Å²) in [7, 11) is 0. The second-order valence-corrected chi connectivity index (χ2v) is 16.5. The Hall–Kier alpha value is -5.17. The zero-order chi connectivity index (χ0) is 36.5. The molecule has 0 aliphatic heterocycles. The molecule has 1 aliphatic rings. The molecule has 0 radical (unpaired) electrons. The van der Waals surface area contributed by atoms with Gasteiger partial charge in [0.2, 0.25) is 0 Å². The predicted molar refractivity (Wildman–Crippen MR) is 220 cm³/mol. The molecule has 2 aromatic heterocycles. The van der Waals surface area contributed by atoms with E-state index in [9.17, 15) is 0 Å². The van der Waals surface area contributed by atoms with Gasteiger partial charge in [0.15, 0.2) is 0 Å². The van der Waals surface area contributed by atoms with Crippen LogP contribution in [0.2, 0.25) is 0 Å². The molecule has 0 saturated carbocycles. The van der Waals surface area contributed by atoms with E-state index in [1.807, 2.05) is 12.4 Å². The molecule has 0 spiro atoms. The third-order valence-corrected chi connectivity index (χ3v) is 11.1. The van der Waals surface area contributed by atoms with E-state index in [1.54, 1.807) is 0 Å². The molecule has 0 bridgehead atoms. The smallest absolute Gasteiger partial charge is 0.305 e. The molecule has 0 atom stereocenters. The van der Waals surface area contributed by atoms with Gasteiger partial charge in [0.05, 0.1) is 0 Å². The molecule has 0 fully saturated rings. The summed E-state index contributed by atoms with van der Waals surface area (Å²) in [6, 6.07) is 56.7. The van der Waals surface area contributed by atoms with E-state index >= 15 is 0 Å². The van der Waals surface area contributed by atoms with Crippen molar-refractivity contribution in [2.24, 2.45) is 0 Å². The van der Waals surface area contributed by atoms with Gasteiger partial charge in [0.25, 0.3) is 0 Å². The maximum Gasteiger partial charge on any atom is 2.00 e. The largest absolute Gasteiger partial charge is 2.00 e. The van der Waals surface area contributed by atoms with Gasteiger partial charge in [-0.2, -0.15) is 0 Å². The number of hydrogen-bond acceptors (Lipinski definition) is 2. The summed E-state index contributed by atoms with van der Waals surface area (Å²) in [5.41, 5.74) is 12.5. The minimum absolute atomic E-state index is 0. The van der Waals surface area contributed by atoms with Crippen LogP contribution in [0.4, 0.5) is 0 Å². The van der Waals surface area contributed by atoms with Crippen LogP contribution in [0.25, 0.3) is 55.2 Å². The summed E-state index contributed by atoms with van der Waals surface area (Å²) >= 11 is 0. The van der Waals surface area contributed by atoms with Gasteiger partial charge < -0.3 is 9.97 Å². The molecule has 0 saturated heterocycles. The average molecular weight is 878 g/mol. The molecule has 0 N–H and O–H groups in total. The van der Waals surface area contributed by atoms with Gasteiger partial charge in [-0.05, 0) is 72.9 Å². The first-order valence-corrected chi connectivity index (χ1v) is 18.6. The summed E-state index contributed by atoms with van der Waals surface area (Å²) in [5.74, 6) is 0. The van der Waals surface area contributed by atoms with E-state index < -0.39 is 5.41 Å². The van der Waals surface area contributed by atoms with Crippen LogP contribution in [0.15, 0.2) is 146 Å². The van der Waals surface area contributed by atoms with Crippen molar-refractivity contribution in [1.29, 1.82) is 0 Å². The van der Waals surface area contributed by atoms with E-state index in [1.165, 1.54) is 33.4 Å². The molecule has 0 amide bonds. The summed E-state index contributed by atoms with van der Waals surface area (Å²) < 4.78 is 0. The molecule has 1 aliphatic carbocycles. The minimum Gasteiger partial charge on any atom is -0.305 e. The molecule has 2 nitrogen and oxygen atoms in total. The van der Waals surface area contributed by atoms with E-state index in [0.717, 1.165) is 55.2 Å². The Morgan fingerprint density at radius 3 is 1.76 bits per heavy atom. The molecule has 9 rings (SSSR count). The van der Waals surface area contributed by atoms with Crippen molar-refractivity contribution >= 4 is 21.5 Å². The number of pyridine rings is 2. The van der Waals surface area contributed by atoms with Crippen molar-refractivity contribution in [2.45, 2.75) is 57.8 Å². The predicted octanol–water partition coefficient (Wildman–Crippen LogP) is 12.7. The van der Waals surface area contributed by atoms with E-state index in [2.05, 4.69) is 187 Å². The first-order chi connectivity index (χ1) is 25.5. The molecular weight excluding hydrogens is 836 g/mol. The number of rotatable bonds is 4. The number of hydrogen-bond donors (Lipinski definition) is 0. The van der Waals surface area contributed by atoms with E-state index in [0.29, 0.717) is 0 Å². The maximum absolute atomic E-state index is 5.03. The molecule has 3 heteroatoms. The van der Waals surface area contributed by atoms with Crippen LogP contribution in [-0.4, -0.2) is 9.97 Å². The normalized spacial score (nSPS) is 13.4. The first kappa shape index (κ1) is 35.8. The monoisotopic (exact) mass is 877 g/mol. The Labute approximate surface area is 333 Å². The third-order valence-electron chi connectivity index (χ3n) is 11.1. The number of fused-ring (bicyclic) bond motifs is 5. The van der Waals surface area contributed by atoms with Crippen LogP contribution in [0.1, 0.15) is 74.9 Å². The Kier molecular flexibility index (Phi) is 8.82. The van der Waals surface area contributed by atoms with Crippen LogP contribution in [0.5, 0.6) is 0 Å². The molecule has 8 aromatic rings. The number of nitrogens with zero attached hydrogens (tertiary/aromatic N) is 2. The molecule has 0 unspecified atom stereocenters. The van der Waals surface area contributed by atoms with Gasteiger partial charge in [0, 0.05) is 17.8 Å². The summed E-state index contributed by atoms with van der Waals surface area (Å²) in [5, 5.41) is 4.58. The Morgan fingerprint density at radius 1 is 0.500 bits per heavy atom. The van der Waals surface area contributed by atoms with Crippen molar-refractivity contribution in [3.63, 3.8) is 0 Å². The van der Waals surface area contributed by atoms with Crippen molar-refractivity contribution in [3.8, 4) is 33.6 Å². The maximum atomic E-state index is 5.03. The van der Waals surface area contributed by atoms with Gasteiger partial charge in [0.1, 0.15) is 0 Å². The van der Waals surface area contributed by atoms with E-state index in [4.69, 9.17) is 9.97 Å². The van der Waals surface area contributed by atoms with E-state index in [-0.39, 0.29) is 31.9 Å². The van der Waals surface area contributed by atoms with Crippen LogP contribution in [0.3, 0.4) is 0 Å². The van der Waals surface area contributed by atoms with Crippen molar-refractivity contribution in [1.82, 2.24) is 9.97 Å².